The molecule has 2 rings (SSSR count). The molecule has 0 radical (unpaired) electrons. The van der Waals surface area contributed by atoms with Gasteiger partial charge in [-0.05, 0) is 33.0 Å². The molecule has 0 aliphatic heterocycles. The zero-order valence-corrected chi connectivity index (χ0v) is 12.6. The lowest BCUT2D eigenvalue weighted by molar-refractivity contribution is 0.342. The highest BCUT2D eigenvalue weighted by molar-refractivity contribution is 7.09. The summed E-state index contributed by atoms with van der Waals surface area (Å²) >= 11 is 1.74. The van der Waals surface area contributed by atoms with Crippen molar-refractivity contribution in [3.63, 3.8) is 0 Å². The summed E-state index contributed by atoms with van der Waals surface area (Å²) in [6.07, 6.45) is 0. The second-order valence-corrected chi connectivity index (χ2v) is 5.83. The summed E-state index contributed by atoms with van der Waals surface area (Å²) in [5.74, 6) is 0. The molecule has 0 unspecified atom stereocenters. The van der Waals surface area contributed by atoms with Crippen LogP contribution in [0.1, 0.15) is 16.1 Å². The van der Waals surface area contributed by atoms with Gasteiger partial charge in [0.2, 0.25) is 0 Å². The van der Waals surface area contributed by atoms with E-state index in [9.17, 15) is 0 Å². The topological polar surface area (TPSA) is 28.2 Å². The van der Waals surface area contributed by atoms with E-state index in [1.165, 1.54) is 16.1 Å². The number of aromatic nitrogens is 1. The molecular weight excluding hydrogens is 254 g/mol. The van der Waals surface area contributed by atoms with Crippen molar-refractivity contribution < 1.29 is 0 Å². The van der Waals surface area contributed by atoms with Crippen molar-refractivity contribution in [1.29, 1.82) is 0 Å². The SMILES string of the molecule is Cc1ccc(NCCN(C)Cc2scnc2C)cc1. The van der Waals surface area contributed by atoms with E-state index >= 15 is 0 Å². The largest absolute Gasteiger partial charge is 0.384 e. The molecule has 0 saturated heterocycles. The van der Waals surface area contributed by atoms with Crippen LogP contribution in [0, 0.1) is 13.8 Å². The van der Waals surface area contributed by atoms with E-state index in [1.807, 2.05) is 5.51 Å². The normalized spacial score (nSPS) is 10.9. The van der Waals surface area contributed by atoms with Crippen LogP contribution in [0.3, 0.4) is 0 Å². The zero-order chi connectivity index (χ0) is 13.7. The third kappa shape index (κ3) is 4.33. The Morgan fingerprint density at radius 2 is 1.95 bits per heavy atom. The number of nitrogens with one attached hydrogen (secondary N) is 1. The maximum atomic E-state index is 4.28. The van der Waals surface area contributed by atoms with Gasteiger partial charge in [0.1, 0.15) is 0 Å². The lowest BCUT2D eigenvalue weighted by atomic mass is 10.2. The number of anilines is 1. The molecule has 19 heavy (non-hydrogen) atoms. The Hall–Kier alpha value is -1.39. The molecule has 0 atom stereocenters. The van der Waals surface area contributed by atoms with Crippen molar-refractivity contribution in [2.75, 3.05) is 25.5 Å². The van der Waals surface area contributed by atoms with Crippen molar-refractivity contribution >= 4 is 17.0 Å². The first-order chi connectivity index (χ1) is 9.15. The van der Waals surface area contributed by atoms with E-state index in [2.05, 4.69) is 60.4 Å². The molecular formula is C15H21N3S. The maximum absolute atomic E-state index is 4.28. The molecule has 0 fully saturated rings. The quantitative estimate of drug-likeness (QED) is 0.876. The van der Waals surface area contributed by atoms with Gasteiger partial charge in [0, 0.05) is 30.2 Å². The van der Waals surface area contributed by atoms with Crippen LogP contribution in [-0.4, -0.2) is 30.0 Å². The molecule has 4 heteroatoms. The smallest absolute Gasteiger partial charge is 0.0798 e. The Labute approximate surface area is 119 Å². The summed E-state index contributed by atoms with van der Waals surface area (Å²) in [5, 5.41) is 3.44. The number of aryl methyl sites for hydroxylation is 2. The fraction of sp³-hybridized carbons (Fsp3) is 0.400. The second-order valence-electron chi connectivity index (χ2n) is 4.89. The average molecular weight is 275 g/mol. The first kappa shape index (κ1) is 14.0. The Kier molecular flexibility index (Phi) is 4.93. The number of hydrogen-bond acceptors (Lipinski definition) is 4. The van der Waals surface area contributed by atoms with Crippen LogP contribution in [0.2, 0.25) is 0 Å². The number of thiazole rings is 1. The van der Waals surface area contributed by atoms with E-state index in [1.54, 1.807) is 11.3 Å². The molecule has 0 saturated carbocycles. The number of benzene rings is 1. The van der Waals surface area contributed by atoms with Gasteiger partial charge < -0.3 is 5.32 Å². The van der Waals surface area contributed by atoms with E-state index in [4.69, 9.17) is 0 Å². The van der Waals surface area contributed by atoms with Crippen LogP contribution < -0.4 is 5.32 Å². The van der Waals surface area contributed by atoms with Gasteiger partial charge in [-0.25, -0.2) is 4.98 Å². The molecule has 1 heterocycles. The summed E-state index contributed by atoms with van der Waals surface area (Å²) in [5.41, 5.74) is 5.56. The number of hydrogen-bond donors (Lipinski definition) is 1. The van der Waals surface area contributed by atoms with Gasteiger partial charge in [-0.3, -0.25) is 4.90 Å². The lowest BCUT2D eigenvalue weighted by Crippen LogP contribution is -2.24. The van der Waals surface area contributed by atoms with Crippen LogP contribution >= 0.6 is 11.3 Å². The molecule has 0 bridgehead atoms. The standard InChI is InChI=1S/C15H21N3S/c1-12-4-6-14(7-5-12)16-8-9-18(3)10-15-13(2)17-11-19-15/h4-7,11,16H,8-10H2,1-3H3. The predicted molar refractivity (Wildman–Crippen MR) is 82.9 cm³/mol. The van der Waals surface area contributed by atoms with Crippen molar-refractivity contribution in [3.8, 4) is 0 Å². The summed E-state index contributed by atoms with van der Waals surface area (Å²) in [7, 11) is 2.15. The van der Waals surface area contributed by atoms with Crippen LogP contribution in [-0.2, 0) is 6.54 Å². The highest BCUT2D eigenvalue weighted by Crippen LogP contribution is 2.14. The summed E-state index contributed by atoms with van der Waals surface area (Å²) in [4.78, 5) is 7.96. The summed E-state index contributed by atoms with van der Waals surface area (Å²) in [6.45, 7) is 7.13. The highest BCUT2D eigenvalue weighted by Gasteiger charge is 2.05. The average Bonchev–Trinajstić information content (AvgIpc) is 2.78. The Morgan fingerprint density at radius 1 is 1.21 bits per heavy atom. The minimum atomic E-state index is 0.956. The number of likely N-dealkylation sites (N-methyl/N-ethyl adjacent to an activating group) is 1. The molecule has 0 aliphatic rings. The van der Waals surface area contributed by atoms with Crippen LogP contribution in [0.15, 0.2) is 29.8 Å². The van der Waals surface area contributed by atoms with Gasteiger partial charge >= 0.3 is 0 Å². The Morgan fingerprint density at radius 3 is 2.58 bits per heavy atom. The molecule has 1 N–H and O–H groups in total. The predicted octanol–water partition coefficient (Wildman–Crippen LogP) is 3.30. The van der Waals surface area contributed by atoms with Gasteiger partial charge in [0.15, 0.2) is 0 Å². The molecule has 3 nitrogen and oxygen atoms in total. The van der Waals surface area contributed by atoms with Gasteiger partial charge in [-0.2, -0.15) is 0 Å². The maximum Gasteiger partial charge on any atom is 0.0798 e. The fourth-order valence-corrected chi connectivity index (χ4v) is 2.72. The minimum absolute atomic E-state index is 0.956. The van der Waals surface area contributed by atoms with Gasteiger partial charge in [0.05, 0.1) is 11.2 Å². The number of nitrogens with zero attached hydrogens (tertiary/aromatic N) is 2. The molecule has 2 aromatic rings. The first-order valence-electron chi connectivity index (χ1n) is 6.53. The second kappa shape index (κ2) is 6.68. The zero-order valence-electron chi connectivity index (χ0n) is 11.8. The van der Waals surface area contributed by atoms with Crippen molar-refractivity contribution in [1.82, 2.24) is 9.88 Å². The van der Waals surface area contributed by atoms with Crippen LogP contribution in [0.5, 0.6) is 0 Å². The minimum Gasteiger partial charge on any atom is -0.384 e. The lowest BCUT2D eigenvalue weighted by Gasteiger charge is -2.16. The Balaban J connectivity index is 1.73. The molecule has 1 aromatic carbocycles. The Bertz CT molecular complexity index is 504. The summed E-state index contributed by atoms with van der Waals surface area (Å²) < 4.78 is 0. The molecule has 0 aliphatic carbocycles. The van der Waals surface area contributed by atoms with E-state index in [0.717, 1.165) is 25.3 Å². The van der Waals surface area contributed by atoms with Crippen LogP contribution in [0.4, 0.5) is 5.69 Å². The van der Waals surface area contributed by atoms with E-state index in [0.29, 0.717) is 0 Å². The van der Waals surface area contributed by atoms with Gasteiger partial charge in [-0.15, -0.1) is 11.3 Å². The van der Waals surface area contributed by atoms with Crippen LogP contribution in [0.25, 0.3) is 0 Å². The van der Waals surface area contributed by atoms with Crippen molar-refractivity contribution in [3.05, 3.63) is 45.9 Å². The first-order valence-corrected chi connectivity index (χ1v) is 7.41. The van der Waals surface area contributed by atoms with Crippen molar-refractivity contribution in [2.45, 2.75) is 20.4 Å². The molecule has 0 amide bonds. The van der Waals surface area contributed by atoms with Gasteiger partial charge in [0.25, 0.3) is 0 Å². The van der Waals surface area contributed by atoms with Crippen molar-refractivity contribution in [2.24, 2.45) is 0 Å². The third-order valence-electron chi connectivity index (χ3n) is 3.13. The molecule has 1 aromatic heterocycles. The monoisotopic (exact) mass is 275 g/mol. The summed E-state index contributed by atoms with van der Waals surface area (Å²) in [6, 6.07) is 8.52. The van der Waals surface area contributed by atoms with E-state index in [-0.39, 0.29) is 0 Å². The third-order valence-corrected chi connectivity index (χ3v) is 4.05. The fourth-order valence-electron chi connectivity index (χ4n) is 1.86. The molecule has 102 valence electrons. The van der Waals surface area contributed by atoms with E-state index < -0.39 is 0 Å². The highest BCUT2D eigenvalue weighted by atomic mass is 32.1. The number of rotatable bonds is 6. The van der Waals surface area contributed by atoms with Gasteiger partial charge in [-0.1, -0.05) is 17.7 Å². The molecule has 0 spiro atoms.